The third-order valence-electron chi connectivity index (χ3n) is 5.69. The Morgan fingerprint density at radius 1 is 1.14 bits per heavy atom. The van der Waals surface area contributed by atoms with Gasteiger partial charge in [0.2, 0.25) is 5.91 Å². The van der Waals surface area contributed by atoms with Crippen LogP contribution in [0.15, 0.2) is 36.7 Å². The number of hydrogen-bond acceptors (Lipinski definition) is 6. The molecule has 1 N–H and O–H groups in total. The van der Waals surface area contributed by atoms with Crippen LogP contribution in [0, 0.1) is 11.8 Å². The number of likely N-dealkylation sites (tertiary alicyclic amines) is 1. The molecule has 0 bridgehead atoms. The highest BCUT2D eigenvalue weighted by Crippen LogP contribution is 2.45. The maximum atomic E-state index is 12.3. The van der Waals surface area contributed by atoms with Gasteiger partial charge in [-0.3, -0.25) is 9.78 Å². The largest absolute Gasteiger partial charge is 0.497 e. The third-order valence-corrected chi connectivity index (χ3v) is 5.69. The van der Waals surface area contributed by atoms with E-state index < -0.39 is 5.97 Å². The third kappa shape index (κ3) is 3.15. The van der Waals surface area contributed by atoms with E-state index in [1.165, 1.54) is 6.20 Å². The molecule has 2 aliphatic rings. The molecular weight excluding hydrogens is 360 g/mol. The maximum absolute atomic E-state index is 12.3. The first-order valence-corrected chi connectivity index (χ1v) is 9.19. The van der Waals surface area contributed by atoms with Crippen LogP contribution in [0.1, 0.15) is 29.0 Å². The van der Waals surface area contributed by atoms with E-state index in [1.807, 2.05) is 29.2 Å². The first-order valence-electron chi connectivity index (χ1n) is 9.19. The Balaban J connectivity index is 1.61. The first kappa shape index (κ1) is 18.2. The van der Waals surface area contributed by atoms with Gasteiger partial charge in [0.1, 0.15) is 11.6 Å². The molecule has 2 saturated heterocycles. The van der Waals surface area contributed by atoms with Gasteiger partial charge in [0, 0.05) is 38.4 Å². The summed E-state index contributed by atoms with van der Waals surface area (Å²) in [5.41, 5.74) is 1.02. The van der Waals surface area contributed by atoms with Gasteiger partial charge in [0.15, 0.2) is 5.69 Å². The highest BCUT2D eigenvalue weighted by atomic mass is 16.5. The normalized spacial score (nSPS) is 23.6. The van der Waals surface area contributed by atoms with Crippen molar-refractivity contribution >= 4 is 17.7 Å². The van der Waals surface area contributed by atoms with Gasteiger partial charge in [0.05, 0.1) is 25.5 Å². The Hall–Kier alpha value is -3.16. The second-order valence-corrected chi connectivity index (χ2v) is 7.29. The van der Waals surface area contributed by atoms with Crippen LogP contribution >= 0.6 is 0 Å². The monoisotopic (exact) mass is 382 g/mol. The summed E-state index contributed by atoms with van der Waals surface area (Å²) in [7, 11) is 1.63. The van der Waals surface area contributed by atoms with E-state index in [4.69, 9.17) is 9.84 Å². The lowest BCUT2D eigenvalue weighted by atomic mass is 9.89. The molecule has 8 heteroatoms. The highest BCUT2D eigenvalue weighted by Gasteiger charge is 2.48. The summed E-state index contributed by atoms with van der Waals surface area (Å²) in [5, 5.41) is 9.17. The Morgan fingerprint density at radius 2 is 1.89 bits per heavy atom. The summed E-state index contributed by atoms with van der Waals surface area (Å²) in [6, 6.07) is 7.82. The number of rotatable bonds is 4. The van der Waals surface area contributed by atoms with E-state index in [0.717, 1.165) is 17.9 Å². The molecule has 1 aromatic heterocycles. The molecular formula is C20H22N4O4. The first-order chi connectivity index (χ1) is 13.5. The van der Waals surface area contributed by atoms with Gasteiger partial charge < -0.3 is 19.6 Å². The minimum atomic E-state index is -1.09. The summed E-state index contributed by atoms with van der Waals surface area (Å²) in [4.78, 5) is 35.7. The smallest absolute Gasteiger partial charge is 0.356 e. The molecule has 1 amide bonds. The number of aromatic nitrogens is 2. The standard InChI is InChI=1S/C20H22N4O4/c1-12(25)24-10-14-9-23(18-8-21-7-17(22-18)20(26)27)11-16(14)19(24)13-3-5-15(28-2)6-4-13/h3-8,14,16,19H,9-11H2,1-2H3,(H,26,27)/t14-,16-,19+/m1/s1. The topological polar surface area (TPSA) is 95.9 Å². The van der Waals surface area contributed by atoms with Crippen molar-refractivity contribution in [2.24, 2.45) is 11.8 Å². The number of fused-ring (bicyclic) bond motifs is 1. The van der Waals surface area contributed by atoms with Crippen LogP contribution in [0.25, 0.3) is 0 Å². The lowest BCUT2D eigenvalue weighted by Crippen LogP contribution is -2.34. The molecule has 28 heavy (non-hydrogen) atoms. The van der Waals surface area contributed by atoms with E-state index >= 15 is 0 Å². The number of ether oxygens (including phenoxy) is 1. The van der Waals surface area contributed by atoms with Gasteiger partial charge in [-0.15, -0.1) is 0 Å². The number of nitrogens with zero attached hydrogens (tertiary/aromatic N) is 4. The molecule has 2 fully saturated rings. The average molecular weight is 382 g/mol. The van der Waals surface area contributed by atoms with Crippen LogP contribution in [0.5, 0.6) is 5.75 Å². The molecule has 2 aromatic rings. The number of aromatic carboxylic acids is 1. The highest BCUT2D eigenvalue weighted by molar-refractivity contribution is 5.85. The summed E-state index contributed by atoms with van der Waals surface area (Å²) >= 11 is 0. The molecule has 3 atom stereocenters. The van der Waals surface area contributed by atoms with Crippen LogP contribution in [-0.4, -0.2) is 58.6 Å². The quantitative estimate of drug-likeness (QED) is 0.862. The fourth-order valence-electron chi connectivity index (χ4n) is 4.40. The lowest BCUT2D eigenvalue weighted by Gasteiger charge is -2.29. The number of carboxylic acids is 1. The van der Waals surface area contributed by atoms with E-state index in [9.17, 15) is 9.59 Å². The Labute approximate surface area is 162 Å². The fraction of sp³-hybridized carbons (Fsp3) is 0.400. The molecule has 2 aliphatic heterocycles. The molecule has 0 aliphatic carbocycles. The van der Waals surface area contributed by atoms with Crippen LogP contribution in [-0.2, 0) is 4.79 Å². The van der Waals surface area contributed by atoms with E-state index in [0.29, 0.717) is 24.8 Å². The van der Waals surface area contributed by atoms with Crippen molar-refractivity contribution in [2.75, 3.05) is 31.6 Å². The van der Waals surface area contributed by atoms with Gasteiger partial charge >= 0.3 is 5.97 Å². The molecule has 1 aromatic carbocycles. The number of anilines is 1. The Kier molecular flexibility index (Phi) is 4.62. The van der Waals surface area contributed by atoms with E-state index in [1.54, 1.807) is 20.2 Å². The molecule has 3 heterocycles. The summed E-state index contributed by atoms with van der Waals surface area (Å²) in [5.74, 6) is 0.861. The molecule has 146 valence electrons. The number of methoxy groups -OCH3 is 1. The molecule has 4 rings (SSSR count). The number of amides is 1. The van der Waals surface area contributed by atoms with E-state index in [-0.39, 0.29) is 23.6 Å². The zero-order valence-electron chi connectivity index (χ0n) is 15.8. The summed E-state index contributed by atoms with van der Waals surface area (Å²) < 4.78 is 5.25. The minimum Gasteiger partial charge on any atom is -0.497 e. The number of carbonyl (C=O) groups is 2. The van der Waals surface area contributed by atoms with Crippen LogP contribution < -0.4 is 9.64 Å². The van der Waals surface area contributed by atoms with Crippen LogP contribution in [0.2, 0.25) is 0 Å². The van der Waals surface area contributed by atoms with Crippen molar-refractivity contribution in [3.63, 3.8) is 0 Å². The molecule has 0 radical (unpaired) electrons. The summed E-state index contributed by atoms with van der Waals surface area (Å²) in [6.45, 7) is 3.71. The zero-order valence-corrected chi connectivity index (χ0v) is 15.8. The predicted octanol–water partition coefficient (Wildman–Crippen LogP) is 1.84. The Bertz CT molecular complexity index is 901. The van der Waals surface area contributed by atoms with Crippen molar-refractivity contribution in [1.29, 1.82) is 0 Å². The van der Waals surface area contributed by atoms with E-state index in [2.05, 4.69) is 14.9 Å². The summed E-state index contributed by atoms with van der Waals surface area (Å²) in [6.07, 6.45) is 2.85. The second kappa shape index (κ2) is 7.10. The van der Waals surface area contributed by atoms with Gasteiger partial charge in [-0.1, -0.05) is 12.1 Å². The molecule has 8 nitrogen and oxygen atoms in total. The SMILES string of the molecule is COc1ccc([C@H]2[C@@H]3CN(c4cncc(C(=O)O)n4)C[C@@H]3CN2C(C)=O)cc1. The molecule has 0 unspecified atom stereocenters. The molecule has 0 spiro atoms. The zero-order chi connectivity index (χ0) is 19.8. The number of benzene rings is 1. The lowest BCUT2D eigenvalue weighted by molar-refractivity contribution is -0.130. The predicted molar refractivity (Wildman–Crippen MR) is 101 cm³/mol. The number of carboxylic acid groups (broad SMARTS) is 1. The van der Waals surface area contributed by atoms with Crippen molar-refractivity contribution in [1.82, 2.24) is 14.9 Å². The maximum Gasteiger partial charge on any atom is 0.356 e. The second-order valence-electron chi connectivity index (χ2n) is 7.29. The fourth-order valence-corrected chi connectivity index (χ4v) is 4.40. The van der Waals surface area contributed by atoms with Gasteiger partial charge in [-0.25, -0.2) is 9.78 Å². The number of hydrogen-bond donors (Lipinski definition) is 1. The molecule has 0 saturated carbocycles. The van der Waals surface area contributed by atoms with Crippen molar-refractivity contribution in [3.8, 4) is 5.75 Å². The van der Waals surface area contributed by atoms with Gasteiger partial charge in [0.25, 0.3) is 0 Å². The Morgan fingerprint density at radius 3 is 2.54 bits per heavy atom. The van der Waals surface area contributed by atoms with Crippen molar-refractivity contribution in [2.45, 2.75) is 13.0 Å². The number of carbonyl (C=O) groups excluding carboxylic acids is 1. The van der Waals surface area contributed by atoms with Crippen LogP contribution in [0.4, 0.5) is 5.82 Å². The van der Waals surface area contributed by atoms with Crippen molar-refractivity contribution in [3.05, 3.63) is 47.9 Å². The average Bonchev–Trinajstić information content (AvgIpc) is 3.26. The van der Waals surface area contributed by atoms with Crippen LogP contribution in [0.3, 0.4) is 0 Å². The van der Waals surface area contributed by atoms with Gasteiger partial charge in [-0.05, 0) is 17.7 Å². The van der Waals surface area contributed by atoms with Crippen molar-refractivity contribution < 1.29 is 19.4 Å². The van der Waals surface area contributed by atoms with Gasteiger partial charge in [-0.2, -0.15) is 0 Å². The minimum absolute atomic E-state index is 0.0194.